The van der Waals surface area contributed by atoms with Crippen LogP contribution in [-0.4, -0.2) is 65.0 Å². The van der Waals surface area contributed by atoms with Crippen LogP contribution in [0.2, 0.25) is 5.02 Å². The number of amides is 1. The van der Waals surface area contributed by atoms with Gasteiger partial charge in [0.25, 0.3) is 15.6 Å². The lowest BCUT2D eigenvalue weighted by atomic mass is 10.0. The van der Waals surface area contributed by atoms with Crippen LogP contribution in [0.4, 0.5) is 16.0 Å². The average molecular weight is 616 g/mol. The van der Waals surface area contributed by atoms with Gasteiger partial charge in [-0.05, 0) is 31.0 Å². The highest BCUT2D eigenvalue weighted by molar-refractivity contribution is 7.92. The molecule has 0 saturated carbocycles. The van der Waals surface area contributed by atoms with Crippen LogP contribution in [0.15, 0.2) is 52.4 Å². The molecular weight excluding hydrogens is 589 g/mol. The third-order valence-corrected chi connectivity index (χ3v) is 8.59. The summed E-state index contributed by atoms with van der Waals surface area (Å²) in [5.74, 6) is -0.802. The van der Waals surface area contributed by atoms with Gasteiger partial charge in [-0.1, -0.05) is 23.7 Å². The lowest BCUT2D eigenvalue weighted by Gasteiger charge is -2.31. The van der Waals surface area contributed by atoms with E-state index in [0.717, 1.165) is 18.9 Å². The van der Waals surface area contributed by atoms with E-state index in [2.05, 4.69) is 25.0 Å². The molecule has 0 atom stereocenters. The fraction of sp³-hybridized carbons (Fsp3) is 0.296. The molecule has 220 valence electrons. The molecule has 4 aromatic rings. The van der Waals surface area contributed by atoms with Gasteiger partial charge in [0.15, 0.2) is 10.7 Å². The zero-order valence-corrected chi connectivity index (χ0v) is 24.5. The Hall–Kier alpha value is -4.30. The molecule has 1 aliphatic rings. The SMILES string of the molecule is COc1ncc(Cl)cc1S(=O)(=O)Nc1cccc(-c2cc3cnc(NC4CCN(C(C)=O)CC4)nc3n(C)c2=O)c1F. The minimum Gasteiger partial charge on any atom is -0.480 e. The number of nitrogens with one attached hydrogen (secondary N) is 2. The number of carbonyl (C=O) groups is 1. The van der Waals surface area contributed by atoms with Crippen LogP contribution in [0.25, 0.3) is 22.2 Å². The Labute approximate surface area is 245 Å². The Morgan fingerprint density at radius 2 is 1.88 bits per heavy atom. The highest BCUT2D eigenvalue weighted by atomic mass is 35.5. The number of hydrogen-bond acceptors (Lipinski definition) is 9. The summed E-state index contributed by atoms with van der Waals surface area (Å²) < 4.78 is 50.4. The first-order valence-electron chi connectivity index (χ1n) is 12.9. The van der Waals surface area contributed by atoms with Gasteiger partial charge in [0.05, 0.1) is 23.4 Å². The van der Waals surface area contributed by atoms with Gasteiger partial charge in [-0.15, -0.1) is 0 Å². The number of fused-ring (bicyclic) bond motifs is 1. The molecule has 0 unspecified atom stereocenters. The molecule has 42 heavy (non-hydrogen) atoms. The second-order valence-electron chi connectivity index (χ2n) is 9.75. The van der Waals surface area contributed by atoms with Gasteiger partial charge in [-0.25, -0.2) is 22.8 Å². The van der Waals surface area contributed by atoms with Crippen LogP contribution in [0.1, 0.15) is 19.8 Å². The summed E-state index contributed by atoms with van der Waals surface area (Å²) >= 11 is 5.92. The lowest BCUT2D eigenvalue weighted by Crippen LogP contribution is -2.41. The summed E-state index contributed by atoms with van der Waals surface area (Å²) in [5.41, 5.74) is -0.718. The van der Waals surface area contributed by atoms with E-state index in [1.54, 1.807) is 11.8 Å². The number of nitrogens with zero attached hydrogens (tertiary/aromatic N) is 5. The number of sulfonamides is 1. The first-order valence-corrected chi connectivity index (χ1v) is 14.7. The lowest BCUT2D eigenvalue weighted by molar-refractivity contribution is -0.129. The summed E-state index contributed by atoms with van der Waals surface area (Å²) in [6.07, 6.45) is 4.22. The molecule has 1 aromatic carbocycles. The Bertz CT molecular complexity index is 1860. The topological polar surface area (TPSA) is 148 Å². The number of likely N-dealkylation sites (tertiary alicyclic amines) is 1. The van der Waals surface area contributed by atoms with E-state index in [9.17, 15) is 18.0 Å². The van der Waals surface area contributed by atoms with Crippen LogP contribution in [0, 0.1) is 5.82 Å². The number of aryl methyl sites for hydroxylation is 1. The van der Waals surface area contributed by atoms with E-state index < -0.39 is 21.4 Å². The number of piperidine rings is 1. The minimum absolute atomic E-state index is 0.00790. The van der Waals surface area contributed by atoms with Crippen LogP contribution in [0.5, 0.6) is 5.88 Å². The van der Waals surface area contributed by atoms with E-state index in [-0.39, 0.29) is 44.6 Å². The van der Waals surface area contributed by atoms with Crippen molar-refractivity contribution in [3.8, 4) is 17.0 Å². The molecule has 0 spiro atoms. The fourth-order valence-electron chi connectivity index (χ4n) is 4.80. The second kappa shape index (κ2) is 11.5. The quantitative estimate of drug-likeness (QED) is 0.319. The van der Waals surface area contributed by atoms with Gasteiger partial charge in [-0.2, -0.15) is 4.98 Å². The van der Waals surface area contributed by atoms with Gasteiger partial charge in [0.1, 0.15) is 5.65 Å². The van der Waals surface area contributed by atoms with E-state index in [1.165, 1.54) is 55.4 Å². The molecule has 0 radical (unpaired) electrons. The zero-order valence-electron chi connectivity index (χ0n) is 22.9. The normalized spacial score (nSPS) is 14.2. The molecule has 12 nitrogen and oxygen atoms in total. The van der Waals surface area contributed by atoms with Crippen molar-refractivity contribution < 1.29 is 22.3 Å². The zero-order chi connectivity index (χ0) is 30.2. The van der Waals surface area contributed by atoms with Crippen molar-refractivity contribution in [3.63, 3.8) is 0 Å². The van der Waals surface area contributed by atoms with Crippen molar-refractivity contribution in [2.45, 2.75) is 30.7 Å². The molecule has 1 saturated heterocycles. The number of halogens is 2. The molecule has 1 fully saturated rings. The molecule has 5 rings (SSSR count). The number of benzene rings is 1. The Kier molecular flexibility index (Phi) is 8.01. The third kappa shape index (κ3) is 5.72. The van der Waals surface area contributed by atoms with Crippen molar-refractivity contribution in [1.82, 2.24) is 24.4 Å². The Morgan fingerprint density at radius 3 is 2.57 bits per heavy atom. The van der Waals surface area contributed by atoms with Crippen LogP contribution in [-0.2, 0) is 21.9 Å². The number of hydrogen-bond donors (Lipinski definition) is 2. The molecule has 2 N–H and O–H groups in total. The van der Waals surface area contributed by atoms with Crippen molar-refractivity contribution >= 4 is 50.2 Å². The van der Waals surface area contributed by atoms with Crippen LogP contribution < -0.4 is 20.3 Å². The first-order chi connectivity index (χ1) is 20.0. The summed E-state index contributed by atoms with van der Waals surface area (Å²) in [7, 11) is -1.61. The fourth-order valence-corrected chi connectivity index (χ4v) is 6.23. The van der Waals surface area contributed by atoms with E-state index in [4.69, 9.17) is 16.3 Å². The molecule has 0 bridgehead atoms. The van der Waals surface area contributed by atoms with Crippen molar-refractivity contribution in [3.05, 3.63) is 63.9 Å². The predicted molar refractivity (Wildman–Crippen MR) is 156 cm³/mol. The van der Waals surface area contributed by atoms with E-state index in [1.807, 2.05) is 0 Å². The predicted octanol–water partition coefficient (Wildman–Crippen LogP) is 3.42. The molecule has 1 aliphatic heterocycles. The maximum Gasteiger partial charge on any atom is 0.267 e. The molecule has 4 heterocycles. The summed E-state index contributed by atoms with van der Waals surface area (Å²) in [6.45, 7) is 2.81. The number of anilines is 2. The molecular formula is C27H27ClFN7O5S. The Morgan fingerprint density at radius 1 is 1.14 bits per heavy atom. The van der Waals surface area contributed by atoms with E-state index in [0.29, 0.717) is 30.1 Å². The smallest absolute Gasteiger partial charge is 0.267 e. The third-order valence-electron chi connectivity index (χ3n) is 7.02. The van der Waals surface area contributed by atoms with Gasteiger partial charge in [-0.3, -0.25) is 18.9 Å². The number of ether oxygens (including phenoxy) is 1. The molecule has 1 amide bonds. The number of rotatable bonds is 7. The number of methoxy groups -OCH3 is 1. The monoisotopic (exact) mass is 615 g/mol. The standard InChI is InChI=1S/C27H27ClFN7O5S/c1-15(37)36-9-7-18(8-10-36)32-27-31-13-16-11-20(26(38)35(2)24(16)33-27)19-5-4-6-21(23(19)29)34-42(39,40)22-12-17(28)14-30-25(22)41-3/h4-6,11-14,18,34H,7-10H2,1-3H3,(H,31,32,33). The maximum atomic E-state index is 15.8. The van der Waals surface area contributed by atoms with Crippen molar-refractivity contribution in [2.75, 3.05) is 30.2 Å². The number of carbonyl (C=O) groups excluding carboxylic acids is 1. The molecule has 3 aromatic heterocycles. The average Bonchev–Trinajstić information content (AvgIpc) is 2.96. The minimum atomic E-state index is -4.37. The maximum absolute atomic E-state index is 15.8. The van der Waals surface area contributed by atoms with Gasteiger partial charge < -0.3 is 15.0 Å². The molecule has 0 aliphatic carbocycles. The molecule has 15 heteroatoms. The highest BCUT2D eigenvalue weighted by Crippen LogP contribution is 2.31. The van der Waals surface area contributed by atoms with Crippen molar-refractivity contribution in [1.29, 1.82) is 0 Å². The van der Waals surface area contributed by atoms with Gasteiger partial charge >= 0.3 is 0 Å². The van der Waals surface area contributed by atoms with Gasteiger partial charge in [0.2, 0.25) is 17.7 Å². The van der Waals surface area contributed by atoms with Gasteiger partial charge in [0, 0.05) is 56.4 Å². The summed E-state index contributed by atoms with van der Waals surface area (Å²) in [4.78, 5) is 39.1. The van der Waals surface area contributed by atoms with Crippen molar-refractivity contribution in [2.24, 2.45) is 7.05 Å². The van der Waals surface area contributed by atoms with Crippen LogP contribution in [0.3, 0.4) is 0 Å². The number of aromatic nitrogens is 4. The summed E-state index contributed by atoms with van der Waals surface area (Å²) in [6, 6.07) is 6.70. The Balaban J connectivity index is 1.45. The summed E-state index contributed by atoms with van der Waals surface area (Å²) in [5, 5.41) is 3.79. The largest absolute Gasteiger partial charge is 0.480 e. The highest BCUT2D eigenvalue weighted by Gasteiger charge is 2.25. The van der Waals surface area contributed by atoms with Crippen LogP contribution >= 0.6 is 11.6 Å². The first kappa shape index (κ1) is 29.2. The van der Waals surface area contributed by atoms with E-state index >= 15 is 4.39 Å². The second-order valence-corrected chi connectivity index (χ2v) is 11.8. The number of pyridine rings is 2.